The maximum Gasteiger partial charge on any atom is 0.243 e. The Bertz CT molecular complexity index is 556. The zero-order chi connectivity index (χ0) is 15.3. The van der Waals surface area contributed by atoms with Gasteiger partial charge in [0.05, 0.1) is 4.90 Å². The Morgan fingerprint density at radius 2 is 1.95 bits per heavy atom. The molecule has 0 unspecified atom stereocenters. The second-order valence-corrected chi connectivity index (χ2v) is 6.93. The van der Waals surface area contributed by atoms with E-state index in [9.17, 15) is 8.42 Å². The molecule has 0 fully saturated rings. The Kier molecular flexibility index (Phi) is 6.13. The van der Waals surface area contributed by atoms with Crippen molar-refractivity contribution in [3.63, 3.8) is 0 Å². The van der Waals surface area contributed by atoms with Crippen LogP contribution in [0, 0.1) is 13.8 Å². The summed E-state index contributed by atoms with van der Waals surface area (Å²) in [5, 5.41) is 0. The van der Waals surface area contributed by atoms with E-state index in [2.05, 4.69) is 0 Å². The van der Waals surface area contributed by atoms with E-state index in [-0.39, 0.29) is 0 Å². The quantitative estimate of drug-likeness (QED) is 0.773. The van der Waals surface area contributed by atoms with E-state index < -0.39 is 10.0 Å². The maximum atomic E-state index is 12.6. The first kappa shape index (κ1) is 17.1. The smallest absolute Gasteiger partial charge is 0.243 e. The van der Waals surface area contributed by atoms with Crippen LogP contribution in [0.1, 0.15) is 23.1 Å². The molecule has 0 saturated heterocycles. The highest BCUT2D eigenvalue weighted by molar-refractivity contribution is 7.89. The molecule has 0 atom stereocenters. The first-order chi connectivity index (χ1) is 9.34. The fraction of sp³-hybridized carbons (Fsp3) is 0.571. The number of benzene rings is 1. The standard InChI is InChI=1S/C14H24N2O3S/c1-11-8-13(10-15)9-14(12(11)2)20(17,18)16(3)6-5-7-19-4/h8-9H,5-7,10,15H2,1-4H3. The maximum absolute atomic E-state index is 12.6. The Balaban J connectivity index is 3.11. The third kappa shape index (κ3) is 3.79. The highest BCUT2D eigenvalue weighted by Gasteiger charge is 2.23. The van der Waals surface area contributed by atoms with E-state index in [0.29, 0.717) is 31.0 Å². The average molecular weight is 300 g/mol. The van der Waals surface area contributed by atoms with Crippen molar-refractivity contribution in [3.8, 4) is 0 Å². The zero-order valence-electron chi connectivity index (χ0n) is 12.6. The molecule has 0 saturated carbocycles. The molecule has 0 aliphatic heterocycles. The average Bonchev–Trinajstić information content (AvgIpc) is 2.41. The van der Waals surface area contributed by atoms with E-state index in [0.717, 1.165) is 16.7 Å². The van der Waals surface area contributed by atoms with Gasteiger partial charge in [0.15, 0.2) is 0 Å². The lowest BCUT2D eigenvalue weighted by Gasteiger charge is -2.20. The molecule has 2 N–H and O–H groups in total. The van der Waals surface area contributed by atoms with Gasteiger partial charge >= 0.3 is 0 Å². The summed E-state index contributed by atoms with van der Waals surface area (Å²) in [6, 6.07) is 3.60. The molecule has 1 aromatic carbocycles. The van der Waals surface area contributed by atoms with Gasteiger partial charge in [-0.2, -0.15) is 0 Å². The Labute approximate surface area is 121 Å². The Morgan fingerprint density at radius 1 is 1.30 bits per heavy atom. The first-order valence-corrected chi connectivity index (χ1v) is 8.04. The third-order valence-electron chi connectivity index (χ3n) is 3.42. The van der Waals surface area contributed by atoms with E-state index in [4.69, 9.17) is 10.5 Å². The fourth-order valence-corrected chi connectivity index (χ4v) is 3.56. The van der Waals surface area contributed by atoms with Crippen LogP contribution in [0.2, 0.25) is 0 Å². The molecule has 114 valence electrons. The van der Waals surface area contributed by atoms with Gasteiger partial charge in [0.2, 0.25) is 10.0 Å². The number of nitrogens with zero attached hydrogens (tertiary/aromatic N) is 1. The molecule has 0 aliphatic rings. The molecule has 0 bridgehead atoms. The van der Waals surface area contributed by atoms with Crippen molar-refractivity contribution >= 4 is 10.0 Å². The Morgan fingerprint density at radius 3 is 2.50 bits per heavy atom. The van der Waals surface area contributed by atoms with Crippen LogP contribution >= 0.6 is 0 Å². The number of hydrogen-bond donors (Lipinski definition) is 1. The van der Waals surface area contributed by atoms with E-state index >= 15 is 0 Å². The molecule has 0 aromatic heterocycles. The minimum atomic E-state index is -3.48. The fourth-order valence-electron chi connectivity index (χ4n) is 2.00. The summed E-state index contributed by atoms with van der Waals surface area (Å²) in [7, 11) is -0.287. The van der Waals surface area contributed by atoms with E-state index in [1.165, 1.54) is 4.31 Å². The number of hydrogen-bond acceptors (Lipinski definition) is 4. The number of aryl methyl sites for hydroxylation is 1. The van der Waals surface area contributed by atoms with Gasteiger partial charge in [-0.3, -0.25) is 0 Å². The van der Waals surface area contributed by atoms with Crippen LogP contribution in [0.25, 0.3) is 0 Å². The lowest BCUT2D eigenvalue weighted by molar-refractivity contribution is 0.189. The van der Waals surface area contributed by atoms with Crippen LogP contribution in [0.3, 0.4) is 0 Å². The van der Waals surface area contributed by atoms with Gasteiger partial charge in [-0.25, -0.2) is 12.7 Å². The van der Waals surface area contributed by atoms with E-state index in [1.807, 2.05) is 19.9 Å². The largest absolute Gasteiger partial charge is 0.385 e. The molecule has 0 radical (unpaired) electrons. The molecule has 0 spiro atoms. The molecule has 0 aliphatic carbocycles. The number of sulfonamides is 1. The normalized spacial score (nSPS) is 12.1. The molecule has 5 nitrogen and oxygen atoms in total. The van der Waals surface area contributed by atoms with Gasteiger partial charge in [-0.1, -0.05) is 6.07 Å². The van der Waals surface area contributed by atoms with Crippen LogP contribution in [0.5, 0.6) is 0 Å². The van der Waals surface area contributed by atoms with Gasteiger partial charge in [-0.05, 0) is 43.0 Å². The molecule has 1 rings (SSSR count). The summed E-state index contributed by atoms with van der Waals surface area (Å²) in [4.78, 5) is 0.345. The number of rotatable bonds is 7. The topological polar surface area (TPSA) is 72.6 Å². The lowest BCUT2D eigenvalue weighted by atomic mass is 10.1. The summed E-state index contributed by atoms with van der Waals surface area (Å²) in [6.07, 6.45) is 0.667. The molecule has 1 aromatic rings. The molecule has 20 heavy (non-hydrogen) atoms. The van der Waals surface area contributed by atoms with Crippen LogP contribution in [-0.2, 0) is 21.3 Å². The van der Waals surface area contributed by atoms with Crippen molar-refractivity contribution < 1.29 is 13.2 Å². The summed E-state index contributed by atoms with van der Waals surface area (Å²) >= 11 is 0. The first-order valence-electron chi connectivity index (χ1n) is 6.60. The van der Waals surface area contributed by atoms with Crippen molar-refractivity contribution in [3.05, 3.63) is 28.8 Å². The highest BCUT2D eigenvalue weighted by atomic mass is 32.2. The van der Waals surface area contributed by atoms with Gasteiger partial charge in [-0.15, -0.1) is 0 Å². The van der Waals surface area contributed by atoms with Crippen LogP contribution in [0.4, 0.5) is 0 Å². The summed E-state index contributed by atoms with van der Waals surface area (Å²) in [6.45, 7) is 5.03. The predicted molar refractivity (Wildman–Crippen MR) is 80.1 cm³/mol. The number of ether oxygens (including phenoxy) is 1. The van der Waals surface area contributed by atoms with Crippen molar-refractivity contribution in [2.45, 2.75) is 31.7 Å². The Hall–Kier alpha value is -0.950. The third-order valence-corrected chi connectivity index (χ3v) is 5.41. The number of nitrogens with two attached hydrogens (primary N) is 1. The molecular weight excluding hydrogens is 276 g/mol. The second-order valence-electron chi connectivity index (χ2n) is 4.91. The van der Waals surface area contributed by atoms with Gasteiger partial charge in [0, 0.05) is 33.9 Å². The molecular formula is C14H24N2O3S. The van der Waals surface area contributed by atoms with Crippen LogP contribution in [0.15, 0.2) is 17.0 Å². The highest BCUT2D eigenvalue weighted by Crippen LogP contribution is 2.23. The summed E-state index contributed by atoms with van der Waals surface area (Å²) < 4.78 is 31.5. The summed E-state index contributed by atoms with van der Waals surface area (Å²) in [5.74, 6) is 0. The van der Waals surface area contributed by atoms with Crippen molar-refractivity contribution in [2.75, 3.05) is 27.3 Å². The summed E-state index contributed by atoms with van der Waals surface area (Å²) in [5.41, 5.74) is 8.18. The second kappa shape index (κ2) is 7.17. The minimum Gasteiger partial charge on any atom is -0.385 e. The van der Waals surface area contributed by atoms with Crippen molar-refractivity contribution in [1.82, 2.24) is 4.31 Å². The molecule has 0 heterocycles. The van der Waals surface area contributed by atoms with Crippen molar-refractivity contribution in [2.24, 2.45) is 5.73 Å². The van der Waals surface area contributed by atoms with Gasteiger partial charge in [0.25, 0.3) is 0 Å². The lowest BCUT2D eigenvalue weighted by Crippen LogP contribution is -2.29. The molecule has 6 heteroatoms. The molecule has 0 amide bonds. The van der Waals surface area contributed by atoms with Crippen molar-refractivity contribution in [1.29, 1.82) is 0 Å². The zero-order valence-corrected chi connectivity index (χ0v) is 13.5. The van der Waals surface area contributed by atoms with Gasteiger partial charge in [0.1, 0.15) is 0 Å². The monoisotopic (exact) mass is 300 g/mol. The predicted octanol–water partition coefficient (Wildman–Crippen LogP) is 1.42. The van der Waals surface area contributed by atoms with Gasteiger partial charge < -0.3 is 10.5 Å². The van der Waals surface area contributed by atoms with Crippen LogP contribution in [-0.4, -0.2) is 40.0 Å². The number of methoxy groups -OCH3 is 1. The minimum absolute atomic E-state index is 0.330. The SMILES string of the molecule is COCCCN(C)S(=O)(=O)c1cc(CN)cc(C)c1C. The van der Waals surface area contributed by atoms with Crippen LogP contribution < -0.4 is 5.73 Å². The van der Waals surface area contributed by atoms with E-state index in [1.54, 1.807) is 20.2 Å².